The summed E-state index contributed by atoms with van der Waals surface area (Å²) in [5, 5.41) is 7.99. The molecule has 0 aromatic carbocycles. The molecule has 7 heteroatoms. The molecule has 3 rings (SSSR count). The van der Waals surface area contributed by atoms with Crippen LogP contribution in [0.4, 0.5) is 5.82 Å². The van der Waals surface area contributed by atoms with Crippen LogP contribution in [0.25, 0.3) is 0 Å². The van der Waals surface area contributed by atoms with Crippen molar-refractivity contribution in [3.8, 4) is 0 Å². The van der Waals surface area contributed by atoms with Crippen LogP contribution in [0.3, 0.4) is 0 Å². The minimum atomic E-state index is -0.0507. The Morgan fingerprint density at radius 2 is 1.64 bits per heavy atom. The number of anilines is 1. The fourth-order valence-corrected chi connectivity index (χ4v) is 2.97. The lowest BCUT2D eigenvalue weighted by Gasteiger charge is -2.36. The lowest BCUT2D eigenvalue weighted by atomic mass is 9.95. The Hall–Kier alpha value is -2.02. The summed E-state index contributed by atoms with van der Waals surface area (Å²) in [4.78, 5) is 14.3. The maximum atomic E-state index is 5.49. The average molecular weight is 344 g/mol. The lowest BCUT2D eigenvalue weighted by Crippen LogP contribution is -2.46. The van der Waals surface area contributed by atoms with Crippen molar-refractivity contribution in [2.45, 2.75) is 53.5 Å². The van der Waals surface area contributed by atoms with Crippen molar-refractivity contribution in [1.82, 2.24) is 25.1 Å². The van der Waals surface area contributed by atoms with Gasteiger partial charge in [0.05, 0.1) is 6.54 Å². The summed E-state index contributed by atoms with van der Waals surface area (Å²) in [6.45, 7) is 17.0. The molecule has 1 fully saturated rings. The Morgan fingerprint density at radius 3 is 2.20 bits per heavy atom. The summed E-state index contributed by atoms with van der Waals surface area (Å²) in [5.41, 5.74) is 2.19. The van der Waals surface area contributed by atoms with E-state index in [1.807, 2.05) is 6.92 Å². The summed E-state index contributed by atoms with van der Waals surface area (Å²) in [6, 6.07) is 0. The Morgan fingerprint density at radius 1 is 0.960 bits per heavy atom. The van der Waals surface area contributed by atoms with Crippen molar-refractivity contribution >= 4 is 5.82 Å². The standard InChI is InChI=1S/C18H28N6O/c1-12-13(2)19-17(18(4,5)6)20-16(12)24-9-7-23(8-10-24)11-15-22-21-14(3)25-15/h7-11H2,1-6H3. The van der Waals surface area contributed by atoms with Gasteiger partial charge in [-0.3, -0.25) is 4.90 Å². The van der Waals surface area contributed by atoms with Crippen molar-refractivity contribution < 1.29 is 4.42 Å². The summed E-state index contributed by atoms with van der Waals surface area (Å²) < 4.78 is 5.49. The summed E-state index contributed by atoms with van der Waals surface area (Å²) in [6.07, 6.45) is 0. The van der Waals surface area contributed by atoms with Gasteiger partial charge in [0, 0.05) is 49.8 Å². The molecule has 1 aliphatic heterocycles. The maximum absolute atomic E-state index is 5.49. The number of piperazine rings is 1. The number of rotatable bonds is 3. The highest BCUT2D eigenvalue weighted by molar-refractivity contribution is 5.49. The normalized spacial score (nSPS) is 16.5. The van der Waals surface area contributed by atoms with Gasteiger partial charge in [-0.15, -0.1) is 10.2 Å². The highest BCUT2D eigenvalue weighted by Gasteiger charge is 2.25. The number of aromatic nitrogens is 4. The molecule has 0 amide bonds. The van der Waals surface area contributed by atoms with E-state index in [1.54, 1.807) is 0 Å². The van der Waals surface area contributed by atoms with E-state index < -0.39 is 0 Å². The van der Waals surface area contributed by atoms with Gasteiger partial charge in [-0.05, 0) is 13.8 Å². The van der Waals surface area contributed by atoms with Crippen molar-refractivity contribution in [2.75, 3.05) is 31.1 Å². The van der Waals surface area contributed by atoms with Crippen LogP contribution >= 0.6 is 0 Å². The third-order valence-corrected chi connectivity index (χ3v) is 4.63. The van der Waals surface area contributed by atoms with Gasteiger partial charge >= 0.3 is 0 Å². The molecule has 2 aromatic heterocycles. The molecule has 0 aliphatic carbocycles. The second kappa shape index (κ2) is 6.71. The van der Waals surface area contributed by atoms with Gasteiger partial charge in [0.1, 0.15) is 11.6 Å². The van der Waals surface area contributed by atoms with Crippen LogP contribution in [0.1, 0.15) is 49.6 Å². The smallest absolute Gasteiger partial charge is 0.230 e. The van der Waals surface area contributed by atoms with Gasteiger partial charge in [0.2, 0.25) is 11.8 Å². The Labute approximate surface area is 149 Å². The monoisotopic (exact) mass is 344 g/mol. The van der Waals surface area contributed by atoms with E-state index in [0.29, 0.717) is 18.3 Å². The molecular formula is C18H28N6O. The quantitative estimate of drug-likeness (QED) is 0.846. The van der Waals surface area contributed by atoms with E-state index in [0.717, 1.165) is 43.5 Å². The fraction of sp³-hybridized carbons (Fsp3) is 0.667. The first-order valence-electron chi connectivity index (χ1n) is 8.86. The Kier molecular flexibility index (Phi) is 4.77. The summed E-state index contributed by atoms with van der Waals surface area (Å²) >= 11 is 0. The second-order valence-electron chi connectivity index (χ2n) is 7.81. The van der Waals surface area contributed by atoms with Crippen LogP contribution in [-0.2, 0) is 12.0 Å². The summed E-state index contributed by atoms with van der Waals surface area (Å²) in [7, 11) is 0. The minimum absolute atomic E-state index is 0.0507. The van der Waals surface area contributed by atoms with Gasteiger partial charge in [0.15, 0.2) is 0 Å². The van der Waals surface area contributed by atoms with Crippen molar-refractivity contribution in [1.29, 1.82) is 0 Å². The Balaban J connectivity index is 1.71. The molecule has 0 N–H and O–H groups in total. The van der Waals surface area contributed by atoms with Crippen molar-refractivity contribution in [3.05, 3.63) is 28.9 Å². The first kappa shape index (κ1) is 17.8. The van der Waals surface area contributed by atoms with Crippen molar-refractivity contribution in [2.24, 2.45) is 0 Å². The van der Waals surface area contributed by atoms with Crippen LogP contribution in [0.5, 0.6) is 0 Å². The molecule has 0 atom stereocenters. The SMILES string of the molecule is Cc1nnc(CN2CCN(c3nc(C(C)(C)C)nc(C)c3C)CC2)o1. The van der Waals surface area contributed by atoms with Crippen LogP contribution < -0.4 is 4.90 Å². The molecular weight excluding hydrogens is 316 g/mol. The minimum Gasteiger partial charge on any atom is -0.424 e. The second-order valence-corrected chi connectivity index (χ2v) is 7.81. The van der Waals surface area contributed by atoms with Gasteiger partial charge in [-0.25, -0.2) is 9.97 Å². The van der Waals surface area contributed by atoms with Gasteiger partial charge in [0.25, 0.3) is 0 Å². The summed E-state index contributed by atoms with van der Waals surface area (Å²) in [5.74, 6) is 3.30. The number of aryl methyl sites for hydroxylation is 2. The highest BCUT2D eigenvalue weighted by atomic mass is 16.4. The number of hydrogen-bond donors (Lipinski definition) is 0. The van der Waals surface area contributed by atoms with E-state index >= 15 is 0 Å². The van der Waals surface area contributed by atoms with E-state index in [-0.39, 0.29) is 5.41 Å². The third-order valence-electron chi connectivity index (χ3n) is 4.63. The average Bonchev–Trinajstić information content (AvgIpc) is 2.95. The molecule has 1 aliphatic rings. The van der Waals surface area contributed by atoms with Crippen LogP contribution in [0, 0.1) is 20.8 Å². The van der Waals surface area contributed by atoms with Crippen LogP contribution in [0.15, 0.2) is 4.42 Å². The highest BCUT2D eigenvalue weighted by Crippen LogP contribution is 2.26. The molecule has 25 heavy (non-hydrogen) atoms. The molecule has 0 saturated carbocycles. The molecule has 7 nitrogen and oxygen atoms in total. The number of hydrogen-bond acceptors (Lipinski definition) is 7. The van der Waals surface area contributed by atoms with E-state index in [4.69, 9.17) is 14.4 Å². The zero-order valence-corrected chi connectivity index (χ0v) is 16.1. The molecule has 0 radical (unpaired) electrons. The lowest BCUT2D eigenvalue weighted by molar-refractivity contribution is 0.224. The van der Waals surface area contributed by atoms with Crippen LogP contribution in [-0.4, -0.2) is 51.2 Å². The predicted octanol–water partition coefficient (Wildman–Crippen LogP) is 2.40. The molecule has 136 valence electrons. The maximum Gasteiger partial charge on any atom is 0.230 e. The Bertz CT molecular complexity index is 741. The zero-order chi connectivity index (χ0) is 18.2. The molecule has 1 saturated heterocycles. The van der Waals surface area contributed by atoms with Gasteiger partial charge < -0.3 is 9.32 Å². The third kappa shape index (κ3) is 3.98. The van der Waals surface area contributed by atoms with Gasteiger partial charge in [-0.2, -0.15) is 0 Å². The number of nitrogens with zero attached hydrogens (tertiary/aromatic N) is 6. The van der Waals surface area contributed by atoms with Crippen molar-refractivity contribution in [3.63, 3.8) is 0 Å². The topological polar surface area (TPSA) is 71.2 Å². The zero-order valence-electron chi connectivity index (χ0n) is 16.1. The molecule has 0 spiro atoms. The fourth-order valence-electron chi connectivity index (χ4n) is 2.97. The molecule has 0 unspecified atom stereocenters. The first-order valence-corrected chi connectivity index (χ1v) is 8.86. The van der Waals surface area contributed by atoms with Gasteiger partial charge in [-0.1, -0.05) is 20.8 Å². The van der Waals surface area contributed by atoms with Crippen LogP contribution in [0.2, 0.25) is 0 Å². The largest absolute Gasteiger partial charge is 0.424 e. The first-order chi connectivity index (χ1) is 11.7. The molecule has 2 aromatic rings. The van der Waals surface area contributed by atoms with E-state index in [1.165, 1.54) is 5.56 Å². The molecule has 3 heterocycles. The van der Waals surface area contributed by atoms with E-state index in [2.05, 4.69) is 54.6 Å². The predicted molar refractivity (Wildman–Crippen MR) is 96.7 cm³/mol. The van der Waals surface area contributed by atoms with E-state index in [9.17, 15) is 0 Å². The molecule has 0 bridgehead atoms.